The Balaban J connectivity index is 0.000000184. The summed E-state index contributed by atoms with van der Waals surface area (Å²) in [5.74, 6) is -1.07. The van der Waals surface area contributed by atoms with E-state index in [2.05, 4.69) is 53.6 Å². The van der Waals surface area contributed by atoms with Crippen molar-refractivity contribution in [2.75, 3.05) is 6.26 Å². The molecule has 1 N–H and O–H groups in total. The molecule has 1 aliphatic rings. The third kappa shape index (κ3) is 5.33. The van der Waals surface area contributed by atoms with Gasteiger partial charge in [0.2, 0.25) is 10.0 Å². The minimum absolute atomic E-state index is 0.318. The molecule has 3 aromatic rings. The minimum Gasteiger partial charge on any atom is -0.481 e. The van der Waals surface area contributed by atoms with Gasteiger partial charge in [0.15, 0.2) is 0 Å². The summed E-state index contributed by atoms with van der Waals surface area (Å²) in [5, 5.41) is 12.7. The third-order valence-corrected chi connectivity index (χ3v) is 5.55. The maximum absolute atomic E-state index is 11.6. The molecule has 1 heterocycles. The average Bonchev–Trinajstić information content (AvgIpc) is 2.74. The summed E-state index contributed by atoms with van der Waals surface area (Å²) in [6.45, 7) is 0. The van der Waals surface area contributed by atoms with Gasteiger partial charge in [0, 0.05) is 0 Å². The van der Waals surface area contributed by atoms with Gasteiger partial charge in [-0.1, -0.05) is 84.9 Å². The number of benzene rings is 3. The fourth-order valence-corrected chi connectivity index (χ4v) is 4.05. The molecule has 0 saturated carbocycles. The molecule has 4 rings (SSSR count). The van der Waals surface area contributed by atoms with Crippen molar-refractivity contribution in [1.29, 1.82) is 0 Å². The highest BCUT2D eigenvalue weighted by Gasteiger charge is 2.32. The number of rotatable bonds is 4. The van der Waals surface area contributed by atoms with E-state index in [1.165, 1.54) is 17.3 Å². The Morgan fingerprint density at radius 1 is 0.900 bits per heavy atom. The minimum atomic E-state index is -3.59. The lowest BCUT2D eigenvalue weighted by Gasteiger charge is -2.30. The fourth-order valence-electron chi connectivity index (χ4n) is 3.18. The summed E-state index contributed by atoms with van der Waals surface area (Å²) < 4.78 is 24.1. The molecule has 0 fully saturated rings. The SMILES string of the molecule is CS(=O)(=O)N1N=Cc2ccccc2C1CC(=O)O.c1ccc(-c2ccccc2)cc1. The van der Waals surface area contributed by atoms with Crippen molar-refractivity contribution in [3.8, 4) is 11.1 Å². The molecule has 0 saturated heterocycles. The number of hydrogen-bond donors (Lipinski definition) is 1. The van der Waals surface area contributed by atoms with Gasteiger partial charge < -0.3 is 5.11 Å². The Morgan fingerprint density at radius 3 is 1.90 bits per heavy atom. The summed E-state index contributed by atoms with van der Waals surface area (Å²) in [6, 6.07) is 27.0. The topological polar surface area (TPSA) is 87.0 Å². The highest BCUT2D eigenvalue weighted by Crippen LogP contribution is 2.32. The zero-order valence-electron chi connectivity index (χ0n) is 16.4. The van der Waals surface area contributed by atoms with Crippen LogP contribution in [0.4, 0.5) is 0 Å². The van der Waals surface area contributed by atoms with E-state index in [1.54, 1.807) is 24.3 Å². The normalized spacial score (nSPS) is 15.0. The zero-order chi connectivity index (χ0) is 21.6. The van der Waals surface area contributed by atoms with E-state index in [1.807, 2.05) is 12.1 Å². The molecule has 0 aliphatic carbocycles. The molecule has 6 nitrogen and oxygen atoms in total. The van der Waals surface area contributed by atoms with Crippen LogP contribution in [0.5, 0.6) is 0 Å². The first-order valence-electron chi connectivity index (χ1n) is 9.31. The van der Waals surface area contributed by atoms with Crippen molar-refractivity contribution >= 4 is 22.2 Å². The van der Waals surface area contributed by atoms with Crippen molar-refractivity contribution in [3.05, 3.63) is 96.1 Å². The van der Waals surface area contributed by atoms with Gasteiger partial charge in [0.25, 0.3) is 0 Å². The molecular weight excluding hydrogens is 400 g/mol. The summed E-state index contributed by atoms with van der Waals surface area (Å²) in [4.78, 5) is 10.9. The van der Waals surface area contributed by atoms with Gasteiger partial charge in [-0.3, -0.25) is 4.79 Å². The third-order valence-electron chi connectivity index (χ3n) is 4.52. The number of fused-ring (bicyclic) bond motifs is 1. The van der Waals surface area contributed by atoms with Gasteiger partial charge in [-0.15, -0.1) is 0 Å². The van der Waals surface area contributed by atoms with E-state index >= 15 is 0 Å². The van der Waals surface area contributed by atoms with Gasteiger partial charge >= 0.3 is 5.97 Å². The van der Waals surface area contributed by atoms with Crippen LogP contribution >= 0.6 is 0 Å². The van der Waals surface area contributed by atoms with Crippen LogP contribution in [0.15, 0.2) is 90.0 Å². The van der Waals surface area contributed by atoms with Crippen molar-refractivity contribution in [1.82, 2.24) is 4.41 Å². The van der Waals surface area contributed by atoms with Crippen LogP contribution in [0, 0.1) is 0 Å². The lowest BCUT2D eigenvalue weighted by atomic mass is 9.98. The first-order valence-corrected chi connectivity index (χ1v) is 11.2. The lowest BCUT2D eigenvalue weighted by Crippen LogP contribution is -2.34. The second-order valence-corrected chi connectivity index (χ2v) is 8.59. The van der Waals surface area contributed by atoms with Crippen molar-refractivity contribution in [3.63, 3.8) is 0 Å². The van der Waals surface area contributed by atoms with Crippen molar-refractivity contribution < 1.29 is 18.3 Å². The van der Waals surface area contributed by atoms with E-state index in [9.17, 15) is 13.2 Å². The van der Waals surface area contributed by atoms with Crippen molar-refractivity contribution in [2.24, 2.45) is 5.10 Å². The van der Waals surface area contributed by atoms with Gasteiger partial charge in [-0.2, -0.15) is 9.52 Å². The van der Waals surface area contributed by atoms with Gasteiger partial charge in [0.05, 0.1) is 24.9 Å². The second kappa shape index (κ2) is 9.37. The standard InChI is InChI=1S/C12H10.C11H12N2O4S/c1-3-7-11(8-4-1)12-9-5-2-6-10-12;1-18(16,17)13-10(6-11(14)15)9-5-3-2-4-8(9)7-12-13/h1-10H;2-5,7,10H,6H2,1H3,(H,14,15). The molecule has 0 spiro atoms. The number of hydrazone groups is 1. The van der Waals surface area contributed by atoms with Crippen LogP contribution < -0.4 is 0 Å². The summed E-state index contributed by atoms with van der Waals surface area (Å²) in [7, 11) is -3.59. The number of sulfonamides is 1. The molecular formula is C23H22N2O4S. The molecule has 3 aromatic carbocycles. The Kier molecular flexibility index (Phi) is 6.64. The van der Waals surface area contributed by atoms with E-state index < -0.39 is 22.0 Å². The number of hydrogen-bond acceptors (Lipinski definition) is 4. The Bertz CT molecular complexity index is 1090. The van der Waals surface area contributed by atoms with Gasteiger partial charge in [-0.05, 0) is 22.3 Å². The van der Waals surface area contributed by atoms with Crippen LogP contribution in [0.3, 0.4) is 0 Å². The van der Waals surface area contributed by atoms with Crippen LogP contribution in [0.2, 0.25) is 0 Å². The molecule has 1 unspecified atom stereocenters. The van der Waals surface area contributed by atoms with Gasteiger partial charge in [-0.25, -0.2) is 8.42 Å². The lowest BCUT2D eigenvalue weighted by molar-refractivity contribution is -0.138. The highest BCUT2D eigenvalue weighted by atomic mass is 32.2. The van der Waals surface area contributed by atoms with Crippen LogP contribution in [-0.2, 0) is 14.8 Å². The predicted molar refractivity (Wildman–Crippen MR) is 118 cm³/mol. The van der Waals surface area contributed by atoms with Gasteiger partial charge in [0.1, 0.15) is 0 Å². The summed E-state index contributed by atoms with van der Waals surface area (Å²) in [6.07, 6.45) is 2.11. The quantitative estimate of drug-likeness (QED) is 0.684. The predicted octanol–water partition coefficient (Wildman–Crippen LogP) is 4.17. The first-order chi connectivity index (χ1) is 14.4. The second-order valence-electron chi connectivity index (χ2n) is 6.75. The fraction of sp³-hybridized carbons (Fsp3) is 0.130. The molecule has 0 amide bonds. The average molecular weight is 423 g/mol. The Morgan fingerprint density at radius 2 is 1.40 bits per heavy atom. The molecule has 1 atom stereocenters. The molecule has 1 aliphatic heterocycles. The summed E-state index contributed by atoms with van der Waals surface area (Å²) >= 11 is 0. The van der Waals surface area contributed by atoms with Crippen LogP contribution in [0.25, 0.3) is 11.1 Å². The van der Waals surface area contributed by atoms with Crippen LogP contribution in [0.1, 0.15) is 23.6 Å². The van der Waals surface area contributed by atoms with E-state index in [4.69, 9.17) is 5.11 Å². The highest BCUT2D eigenvalue weighted by molar-refractivity contribution is 7.88. The molecule has 154 valence electrons. The zero-order valence-corrected chi connectivity index (χ0v) is 17.2. The largest absolute Gasteiger partial charge is 0.481 e. The van der Waals surface area contributed by atoms with Crippen molar-refractivity contribution in [2.45, 2.75) is 12.5 Å². The number of nitrogens with zero attached hydrogens (tertiary/aromatic N) is 2. The van der Waals surface area contributed by atoms with E-state index in [0.29, 0.717) is 5.56 Å². The maximum atomic E-state index is 11.6. The summed E-state index contributed by atoms with van der Waals surface area (Å²) in [5.41, 5.74) is 3.94. The Labute approximate surface area is 176 Å². The first kappa shape index (κ1) is 21.3. The maximum Gasteiger partial charge on any atom is 0.305 e. The number of carbonyl (C=O) groups is 1. The van der Waals surface area contributed by atoms with Crippen LogP contribution in [-0.4, -0.2) is 36.4 Å². The molecule has 30 heavy (non-hydrogen) atoms. The van der Waals surface area contributed by atoms with E-state index in [0.717, 1.165) is 16.2 Å². The molecule has 0 aromatic heterocycles. The monoisotopic (exact) mass is 422 g/mol. The number of carboxylic acid groups (broad SMARTS) is 1. The molecule has 7 heteroatoms. The Hall–Kier alpha value is -3.45. The smallest absolute Gasteiger partial charge is 0.305 e. The molecule has 0 radical (unpaired) electrons. The molecule has 0 bridgehead atoms. The van der Waals surface area contributed by atoms with E-state index in [-0.39, 0.29) is 6.42 Å². The number of carboxylic acids is 1. The number of aliphatic carboxylic acids is 1.